The van der Waals surface area contributed by atoms with Gasteiger partial charge in [0.15, 0.2) is 11.5 Å². The highest BCUT2D eigenvalue weighted by Gasteiger charge is 2.26. The highest BCUT2D eigenvalue weighted by molar-refractivity contribution is 6.36. The average Bonchev–Trinajstić information content (AvgIpc) is 2.96. The quantitative estimate of drug-likeness (QED) is 0.506. The molecule has 1 aromatic heterocycles. The number of benzene rings is 1. The van der Waals surface area contributed by atoms with Gasteiger partial charge in [-0.3, -0.25) is 4.79 Å². The van der Waals surface area contributed by atoms with Crippen molar-refractivity contribution in [1.82, 2.24) is 10.3 Å². The van der Waals surface area contributed by atoms with Crippen molar-refractivity contribution >= 4 is 23.5 Å². The molecule has 0 radical (unpaired) electrons. The van der Waals surface area contributed by atoms with E-state index in [1.54, 1.807) is 12.1 Å². The summed E-state index contributed by atoms with van der Waals surface area (Å²) in [5.74, 6) is -1.25. The van der Waals surface area contributed by atoms with Crippen LogP contribution in [0.15, 0.2) is 12.1 Å². The number of aliphatic carboxylic acids is 1. The van der Waals surface area contributed by atoms with Crippen LogP contribution >= 0.6 is 11.6 Å². The van der Waals surface area contributed by atoms with Crippen LogP contribution in [0.5, 0.6) is 17.2 Å². The van der Waals surface area contributed by atoms with Crippen LogP contribution in [0.25, 0.3) is 11.1 Å². The molecule has 0 saturated carbocycles. The number of nitrogens with one attached hydrogen (secondary N) is 2. The van der Waals surface area contributed by atoms with Crippen LogP contribution in [0.2, 0.25) is 5.02 Å². The zero-order valence-corrected chi connectivity index (χ0v) is 15.6. The number of carbonyl (C=O) groups is 2. The van der Waals surface area contributed by atoms with Gasteiger partial charge in [0.2, 0.25) is 5.75 Å². The molecule has 0 atom stereocenters. The second-order valence-electron chi connectivity index (χ2n) is 5.35. The van der Waals surface area contributed by atoms with Gasteiger partial charge in [0.1, 0.15) is 5.69 Å². The SMILES string of the molecule is COc1ccc(-c2c(CNCC(=O)O)[nH]c(C(=O)O)c2Cl)c(OC)c1OC. The van der Waals surface area contributed by atoms with Gasteiger partial charge in [0, 0.05) is 23.4 Å². The van der Waals surface area contributed by atoms with Crippen molar-refractivity contribution in [1.29, 1.82) is 0 Å². The summed E-state index contributed by atoms with van der Waals surface area (Å²) in [6.07, 6.45) is 0. The highest BCUT2D eigenvalue weighted by Crippen LogP contribution is 2.47. The third kappa shape index (κ3) is 4.09. The molecule has 1 heterocycles. The predicted octanol–water partition coefficient (Wildman–Crippen LogP) is 2.23. The Labute approximate surface area is 159 Å². The Morgan fingerprint density at radius 1 is 1.11 bits per heavy atom. The van der Waals surface area contributed by atoms with E-state index in [0.29, 0.717) is 34.1 Å². The molecular formula is C17H19ClN2O7. The molecule has 2 aromatic rings. The lowest BCUT2D eigenvalue weighted by atomic mass is 10.0. The molecule has 1 aromatic carbocycles. The molecule has 0 aliphatic carbocycles. The number of methoxy groups -OCH3 is 3. The molecule has 0 spiro atoms. The van der Waals surface area contributed by atoms with Gasteiger partial charge >= 0.3 is 11.9 Å². The van der Waals surface area contributed by atoms with E-state index in [1.165, 1.54) is 21.3 Å². The van der Waals surface area contributed by atoms with Gasteiger partial charge in [-0.1, -0.05) is 11.6 Å². The summed E-state index contributed by atoms with van der Waals surface area (Å²) in [6, 6.07) is 3.29. The average molecular weight is 399 g/mol. The van der Waals surface area contributed by atoms with Crippen molar-refractivity contribution in [2.24, 2.45) is 0 Å². The van der Waals surface area contributed by atoms with Crippen LogP contribution in [0.4, 0.5) is 0 Å². The number of hydrogen-bond acceptors (Lipinski definition) is 6. The molecule has 0 fully saturated rings. The topological polar surface area (TPSA) is 130 Å². The number of H-pyrrole nitrogens is 1. The number of rotatable bonds is 9. The molecule has 0 amide bonds. The van der Waals surface area contributed by atoms with Gasteiger partial charge in [-0.25, -0.2) is 4.79 Å². The van der Waals surface area contributed by atoms with Crippen LogP contribution in [0, 0.1) is 0 Å². The third-order valence-corrected chi connectivity index (χ3v) is 4.16. The number of aromatic amines is 1. The van der Waals surface area contributed by atoms with Gasteiger partial charge in [-0.05, 0) is 12.1 Å². The second-order valence-corrected chi connectivity index (χ2v) is 5.73. The summed E-state index contributed by atoms with van der Waals surface area (Å²) in [4.78, 5) is 24.9. The molecular weight excluding hydrogens is 380 g/mol. The number of carboxylic acid groups (broad SMARTS) is 2. The first-order valence-electron chi connectivity index (χ1n) is 7.71. The van der Waals surface area contributed by atoms with Crippen molar-refractivity contribution in [3.8, 4) is 28.4 Å². The second kappa shape index (κ2) is 8.65. The number of ether oxygens (including phenoxy) is 3. The first-order valence-corrected chi connectivity index (χ1v) is 8.08. The Hall–Kier alpha value is -2.91. The summed E-state index contributed by atoms with van der Waals surface area (Å²) in [7, 11) is 4.35. The van der Waals surface area contributed by atoms with E-state index in [9.17, 15) is 14.7 Å². The zero-order chi connectivity index (χ0) is 20.1. The van der Waals surface area contributed by atoms with Crippen molar-refractivity contribution in [2.45, 2.75) is 6.54 Å². The Bertz CT molecular complexity index is 863. The predicted molar refractivity (Wildman–Crippen MR) is 97.2 cm³/mol. The van der Waals surface area contributed by atoms with Crippen molar-refractivity contribution in [3.63, 3.8) is 0 Å². The summed E-state index contributed by atoms with van der Waals surface area (Å²) in [5, 5.41) is 20.8. The summed E-state index contributed by atoms with van der Waals surface area (Å²) < 4.78 is 16.0. The molecule has 0 aliphatic rings. The minimum atomic E-state index is -1.25. The minimum Gasteiger partial charge on any atom is -0.493 e. The molecule has 0 aliphatic heterocycles. The van der Waals surface area contributed by atoms with Crippen molar-refractivity contribution in [2.75, 3.05) is 27.9 Å². The lowest BCUT2D eigenvalue weighted by Crippen LogP contribution is -2.22. The number of carboxylic acids is 2. The monoisotopic (exact) mass is 398 g/mol. The smallest absolute Gasteiger partial charge is 0.353 e. The molecule has 0 unspecified atom stereocenters. The lowest BCUT2D eigenvalue weighted by Gasteiger charge is -2.16. The van der Waals surface area contributed by atoms with E-state index in [-0.39, 0.29) is 23.8 Å². The molecule has 0 saturated heterocycles. The molecule has 2 rings (SSSR count). The number of hydrogen-bond donors (Lipinski definition) is 4. The molecule has 146 valence electrons. The molecule has 4 N–H and O–H groups in total. The van der Waals surface area contributed by atoms with E-state index in [0.717, 1.165) is 0 Å². The van der Waals surface area contributed by atoms with Crippen molar-refractivity contribution in [3.05, 3.63) is 28.5 Å². The normalized spacial score (nSPS) is 10.5. The Balaban J connectivity index is 2.66. The minimum absolute atomic E-state index is 0.0276. The standard InChI is InChI=1S/C17H19ClN2O7/c1-25-10-5-4-8(15(26-2)16(10)27-3)12-9(6-19-7-11(21)22)20-14(13(12)18)17(23)24/h4-5,19-20H,6-7H2,1-3H3,(H,21,22)(H,23,24). The van der Waals surface area contributed by atoms with E-state index < -0.39 is 11.9 Å². The van der Waals surface area contributed by atoms with E-state index >= 15 is 0 Å². The van der Waals surface area contributed by atoms with Gasteiger partial charge in [0.05, 0.1) is 32.9 Å². The van der Waals surface area contributed by atoms with Crippen LogP contribution in [-0.2, 0) is 11.3 Å². The van der Waals surface area contributed by atoms with Crippen LogP contribution in [0.3, 0.4) is 0 Å². The first kappa shape index (κ1) is 20.4. The highest BCUT2D eigenvalue weighted by atomic mass is 35.5. The molecule has 9 nitrogen and oxygen atoms in total. The largest absolute Gasteiger partial charge is 0.493 e. The van der Waals surface area contributed by atoms with E-state index in [4.69, 9.17) is 30.9 Å². The van der Waals surface area contributed by atoms with Gasteiger partial charge in [-0.2, -0.15) is 0 Å². The van der Waals surface area contributed by atoms with E-state index in [2.05, 4.69) is 10.3 Å². The fourth-order valence-electron chi connectivity index (χ4n) is 2.68. The van der Waals surface area contributed by atoms with Gasteiger partial charge < -0.3 is 34.7 Å². The maximum atomic E-state index is 11.5. The Morgan fingerprint density at radius 3 is 2.30 bits per heavy atom. The number of aromatic nitrogens is 1. The van der Waals surface area contributed by atoms with E-state index in [1.807, 2.05) is 0 Å². The zero-order valence-electron chi connectivity index (χ0n) is 14.9. The summed E-state index contributed by atoms with van der Waals surface area (Å²) in [6.45, 7) is -0.256. The number of halogens is 1. The van der Waals surface area contributed by atoms with Crippen molar-refractivity contribution < 1.29 is 34.0 Å². The summed E-state index contributed by atoms with van der Waals surface area (Å²) >= 11 is 6.31. The number of aromatic carboxylic acids is 1. The molecule has 0 bridgehead atoms. The first-order chi connectivity index (χ1) is 12.8. The lowest BCUT2D eigenvalue weighted by molar-refractivity contribution is -0.136. The van der Waals surface area contributed by atoms with Crippen LogP contribution in [0.1, 0.15) is 16.2 Å². The third-order valence-electron chi connectivity index (χ3n) is 3.78. The van der Waals surface area contributed by atoms with Crippen LogP contribution in [-0.4, -0.2) is 55.0 Å². The fourth-order valence-corrected chi connectivity index (χ4v) is 3.02. The van der Waals surface area contributed by atoms with Gasteiger partial charge in [0.25, 0.3) is 0 Å². The van der Waals surface area contributed by atoms with Crippen LogP contribution < -0.4 is 19.5 Å². The molecule has 10 heteroatoms. The molecule has 27 heavy (non-hydrogen) atoms. The summed E-state index contributed by atoms with van der Waals surface area (Å²) in [5.41, 5.74) is 1.01. The maximum absolute atomic E-state index is 11.5. The Kier molecular flexibility index (Phi) is 6.54. The fraction of sp³-hybridized carbons (Fsp3) is 0.294. The maximum Gasteiger partial charge on any atom is 0.353 e. The van der Waals surface area contributed by atoms with Gasteiger partial charge in [-0.15, -0.1) is 0 Å². The Morgan fingerprint density at radius 2 is 1.78 bits per heavy atom.